The predicted octanol–water partition coefficient (Wildman–Crippen LogP) is 1.01. The number of aromatic nitrogens is 1. The van der Waals surface area contributed by atoms with E-state index in [-0.39, 0.29) is 18.5 Å². The van der Waals surface area contributed by atoms with Gasteiger partial charge in [0.05, 0.1) is 12.2 Å². The van der Waals surface area contributed by atoms with Gasteiger partial charge in [0.2, 0.25) is 5.91 Å². The zero-order valence-electron chi connectivity index (χ0n) is 10.6. The second kappa shape index (κ2) is 6.08. The van der Waals surface area contributed by atoms with Crippen LogP contribution in [0.1, 0.15) is 20.8 Å². The largest absolute Gasteiger partial charge is 0.396 e. The van der Waals surface area contributed by atoms with Gasteiger partial charge in [-0.05, 0) is 32.9 Å². The standard InChI is InChI=1S/C12H20N4O/c1-4-16(8-11(17)15-9(2)3)12-10(13)6-5-7-14-12/h5-7,9H,4,8,13H2,1-3H3,(H,15,17). The van der Waals surface area contributed by atoms with Crippen molar-refractivity contribution in [2.75, 3.05) is 23.7 Å². The van der Waals surface area contributed by atoms with E-state index in [4.69, 9.17) is 5.73 Å². The number of hydrogen-bond acceptors (Lipinski definition) is 4. The van der Waals surface area contributed by atoms with Gasteiger partial charge in [0.25, 0.3) is 0 Å². The van der Waals surface area contributed by atoms with Crippen molar-refractivity contribution >= 4 is 17.4 Å². The van der Waals surface area contributed by atoms with Gasteiger partial charge >= 0.3 is 0 Å². The number of amides is 1. The van der Waals surface area contributed by atoms with Gasteiger partial charge < -0.3 is 16.0 Å². The Hall–Kier alpha value is -1.78. The van der Waals surface area contributed by atoms with Crippen molar-refractivity contribution in [2.24, 2.45) is 0 Å². The Morgan fingerprint density at radius 1 is 1.59 bits per heavy atom. The molecule has 17 heavy (non-hydrogen) atoms. The zero-order chi connectivity index (χ0) is 12.8. The van der Waals surface area contributed by atoms with Crippen LogP contribution in [-0.2, 0) is 4.79 Å². The summed E-state index contributed by atoms with van der Waals surface area (Å²) in [6.45, 7) is 6.80. The number of anilines is 2. The number of pyridine rings is 1. The lowest BCUT2D eigenvalue weighted by atomic mass is 10.3. The van der Waals surface area contributed by atoms with Crippen LogP contribution in [0.4, 0.5) is 11.5 Å². The molecule has 1 rings (SSSR count). The van der Waals surface area contributed by atoms with Gasteiger partial charge in [-0.15, -0.1) is 0 Å². The summed E-state index contributed by atoms with van der Waals surface area (Å²) < 4.78 is 0. The van der Waals surface area contributed by atoms with Crippen LogP contribution in [0.2, 0.25) is 0 Å². The number of nitrogens with zero attached hydrogens (tertiary/aromatic N) is 2. The molecule has 0 radical (unpaired) electrons. The fraction of sp³-hybridized carbons (Fsp3) is 0.500. The smallest absolute Gasteiger partial charge is 0.239 e. The minimum absolute atomic E-state index is 0.0214. The van der Waals surface area contributed by atoms with Crippen LogP contribution < -0.4 is 16.0 Å². The van der Waals surface area contributed by atoms with E-state index in [0.29, 0.717) is 18.1 Å². The van der Waals surface area contributed by atoms with Gasteiger partial charge in [-0.3, -0.25) is 4.79 Å². The average molecular weight is 236 g/mol. The van der Waals surface area contributed by atoms with Crippen LogP contribution in [0.3, 0.4) is 0 Å². The van der Waals surface area contributed by atoms with Crippen molar-refractivity contribution in [1.82, 2.24) is 10.3 Å². The van der Waals surface area contributed by atoms with Crippen LogP contribution in [0.5, 0.6) is 0 Å². The fourth-order valence-corrected chi connectivity index (χ4v) is 1.55. The van der Waals surface area contributed by atoms with Gasteiger partial charge in [-0.1, -0.05) is 0 Å². The molecule has 0 spiro atoms. The number of hydrogen-bond donors (Lipinski definition) is 2. The molecule has 5 nitrogen and oxygen atoms in total. The quantitative estimate of drug-likeness (QED) is 0.800. The van der Waals surface area contributed by atoms with Crippen molar-refractivity contribution in [1.29, 1.82) is 0 Å². The van der Waals surface area contributed by atoms with Crippen molar-refractivity contribution in [3.8, 4) is 0 Å². The van der Waals surface area contributed by atoms with Gasteiger partial charge in [0, 0.05) is 18.8 Å². The maximum atomic E-state index is 11.7. The normalized spacial score (nSPS) is 10.4. The summed E-state index contributed by atoms with van der Waals surface area (Å²) >= 11 is 0. The molecule has 0 saturated carbocycles. The summed E-state index contributed by atoms with van der Waals surface area (Å²) in [5.74, 6) is 0.640. The second-order valence-electron chi connectivity index (χ2n) is 4.15. The third kappa shape index (κ3) is 3.94. The molecule has 1 aromatic rings. The maximum Gasteiger partial charge on any atom is 0.239 e. The van der Waals surface area contributed by atoms with Crippen molar-refractivity contribution < 1.29 is 4.79 Å². The van der Waals surface area contributed by atoms with E-state index >= 15 is 0 Å². The molecule has 3 N–H and O–H groups in total. The Labute approximate surface area is 102 Å². The van der Waals surface area contributed by atoms with E-state index in [1.165, 1.54) is 0 Å². The lowest BCUT2D eigenvalue weighted by Gasteiger charge is -2.23. The van der Waals surface area contributed by atoms with Gasteiger partial charge in [-0.2, -0.15) is 0 Å². The first-order chi connectivity index (χ1) is 8.04. The molecule has 0 atom stereocenters. The lowest BCUT2D eigenvalue weighted by Crippen LogP contribution is -2.40. The van der Waals surface area contributed by atoms with Crippen LogP contribution in [0.15, 0.2) is 18.3 Å². The molecule has 0 bridgehead atoms. The molecule has 1 heterocycles. The van der Waals surface area contributed by atoms with Crippen molar-refractivity contribution in [3.05, 3.63) is 18.3 Å². The number of nitrogens with one attached hydrogen (secondary N) is 1. The molecule has 0 fully saturated rings. The second-order valence-corrected chi connectivity index (χ2v) is 4.15. The van der Waals surface area contributed by atoms with E-state index in [0.717, 1.165) is 0 Å². The van der Waals surface area contributed by atoms with Crippen molar-refractivity contribution in [2.45, 2.75) is 26.8 Å². The molecule has 0 aliphatic rings. The third-order valence-corrected chi connectivity index (χ3v) is 2.28. The van der Waals surface area contributed by atoms with Crippen LogP contribution in [-0.4, -0.2) is 30.0 Å². The lowest BCUT2D eigenvalue weighted by molar-refractivity contribution is -0.120. The number of nitrogen functional groups attached to an aromatic ring is 1. The molecule has 0 unspecified atom stereocenters. The van der Waals surface area contributed by atoms with E-state index in [1.807, 2.05) is 25.7 Å². The summed E-state index contributed by atoms with van der Waals surface area (Å²) in [5.41, 5.74) is 6.43. The molecule has 0 saturated heterocycles. The predicted molar refractivity (Wildman–Crippen MR) is 69.8 cm³/mol. The Kier molecular flexibility index (Phi) is 4.75. The number of carbonyl (C=O) groups excluding carboxylic acids is 1. The molecule has 0 aromatic carbocycles. The summed E-state index contributed by atoms with van der Waals surface area (Å²) in [4.78, 5) is 17.7. The minimum atomic E-state index is -0.0214. The number of nitrogens with two attached hydrogens (primary N) is 1. The van der Waals surface area contributed by atoms with Gasteiger partial charge in [0.1, 0.15) is 0 Å². The van der Waals surface area contributed by atoms with Gasteiger partial charge in [0.15, 0.2) is 5.82 Å². The van der Waals surface area contributed by atoms with Crippen molar-refractivity contribution in [3.63, 3.8) is 0 Å². The Morgan fingerprint density at radius 2 is 2.29 bits per heavy atom. The highest BCUT2D eigenvalue weighted by molar-refractivity contribution is 5.82. The van der Waals surface area contributed by atoms with E-state index in [2.05, 4.69) is 10.3 Å². The van der Waals surface area contributed by atoms with E-state index in [9.17, 15) is 4.79 Å². The molecular formula is C12H20N4O. The monoisotopic (exact) mass is 236 g/mol. The molecular weight excluding hydrogens is 216 g/mol. The SMILES string of the molecule is CCN(CC(=O)NC(C)C)c1ncccc1N. The molecule has 0 aliphatic heterocycles. The third-order valence-electron chi connectivity index (χ3n) is 2.28. The number of rotatable bonds is 5. The van der Waals surface area contributed by atoms with E-state index < -0.39 is 0 Å². The highest BCUT2D eigenvalue weighted by Gasteiger charge is 2.13. The molecule has 5 heteroatoms. The summed E-state index contributed by atoms with van der Waals surface area (Å²) in [6.07, 6.45) is 1.68. The minimum Gasteiger partial charge on any atom is -0.396 e. The average Bonchev–Trinajstić information content (AvgIpc) is 2.26. The molecule has 1 aromatic heterocycles. The van der Waals surface area contributed by atoms with E-state index in [1.54, 1.807) is 18.3 Å². The molecule has 1 amide bonds. The first-order valence-corrected chi connectivity index (χ1v) is 5.79. The Morgan fingerprint density at radius 3 is 2.82 bits per heavy atom. The number of likely N-dealkylation sites (N-methyl/N-ethyl adjacent to an activating group) is 1. The highest BCUT2D eigenvalue weighted by Crippen LogP contribution is 2.18. The topological polar surface area (TPSA) is 71.2 Å². The zero-order valence-corrected chi connectivity index (χ0v) is 10.6. The summed E-state index contributed by atoms with van der Waals surface area (Å²) in [7, 11) is 0. The Bertz CT molecular complexity index is 379. The first-order valence-electron chi connectivity index (χ1n) is 5.79. The Balaban J connectivity index is 2.73. The van der Waals surface area contributed by atoms with Gasteiger partial charge in [-0.25, -0.2) is 4.98 Å². The highest BCUT2D eigenvalue weighted by atomic mass is 16.2. The summed E-state index contributed by atoms with van der Waals surface area (Å²) in [5, 5.41) is 2.85. The summed E-state index contributed by atoms with van der Waals surface area (Å²) in [6, 6.07) is 3.70. The number of carbonyl (C=O) groups is 1. The molecule has 94 valence electrons. The molecule has 0 aliphatic carbocycles. The fourth-order valence-electron chi connectivity index (χ4n) is 1.55. The van der Waals surface area contributed by atoms with Crippen LogP contribution >= 0.6 is 0 Å². The van der Waals surface area contributed by atoms with Crippen LogP contribution in [0, 0.1) is 0 Å². The first kappa shape index (κ1) is 13.3. The maximum absolute atomic E-state index is 11.7. The van der Waals surface area contributed by atoms with Crippen LogP contribution in [0.25, 0.3) is 0 Å².